The van der Waals surface area contributed by atoms with E-state index in [1.807, 2.05) is 12.1 Å². The third kappa shape index (κ3) is 1.77. The van der Waals surface area contributed by atoms with E-state index in [0.29, 0.717) is 11.5 Å². The van der Waals surface area contributed by atoms with Crippen LogP contribution in [-0.4, -0.2) is 11.0 Å². The lowest BCUT2D eigenvalue weighted by molar-refractivity contribution is -0.126. The van der Waals surface area contributed by atoms with Crippen LogP contribution in [0.2, 0.25) is 0 Å². The third-order valence-electron chi connectivity index (χ3n) is 2.57. The minimum atomic E-state index is -1.18. The van der Waals surface area contributed by atoms with Crippen molar-refractivity contribution in [3.8, 4) is 0 Å². The molecular weight excluding hydrogens is 178 g/mol. The maximum atomic E-state index is 10.7. The van der Waals surface area contributed by atoms with Gasteiger partial charge in [-0.2, -0.15) is 0 Å². The Morgan fingerprint density at radius 2 is 1.93 bits per heavy atom. The molecule has 1 aromatic carbocycles. The Kier molecular flexibility index (Phi) is 2.25. The van der Waals surface area contributed by atoms with E-state index in [1.165, 1.54) is 18.4 Å². The van der Waals surface area contributed by atoms with Crippen LogP contribution >= 0.6 is 0 Å². The standard InChI is InChI=1S/C11H13NO2/c12-11(14)10(13)9-5-3-8(4-6-9)7-1-2-7/h3-7,10,13H,1-2H2,(H2,12,14). The van der Waals surface area contributed by atoms with Crippen molar-refractivity contribution in [2.45, 2.75) is 24.9 Å². The van der Waals surface area contributed by atoms with Gasteiger partial charge in [0.15, 0.2) is 6.10 Å². The maximum Gasteiger partial charge on any atom is 0.250 e. The summed E-state index contributed by atoms with van der Waals surface area (Å²) in [5.41, 5.74) is 6.84. The van der Waals surface area contributed by atoms with Crippen molar-refractivity contribution in [2.24, 2.45) is 5.73 Å². The Hall–Kier alpha value is -1.35. The van der Waals surface area contributed by atoms with Gasteiger partial charge >= 0.3 is 0 Å². The first-order valence-corrected chi connectivity index (χ1v) is 4.75. The summed E-state index contributed by atoms with van der Waals surface area (Å²) in [6.45, 7) is 0. The van der Waals surface area contributed by atoms with Gasteiger partial charge in [-0.3, -0.25) is 4.79 Å². The van der Waals surface area contributed by atoms with Crippen LogP contribution in [0.1, 0.15) is 36.0 Å². The number of nitrogens with two attached hydrogens (primary N) is 1. The molecule has 1 fully saturated rings. The summed E-state index contributed by atoms with van der Waals surface area (Å²) < 4.78 is 0. The zero-order valence-electron chi connectivity index (χ0n) is 7.81. The predicted octanol–water partition coefficient (Wildman–Crippen LogP) is 1.08. The van der Waals surface area contributed by atoms with Crippen molar-refractivity contribution < 1.29 is 9.90 Å². The van der Waals surface area contributed by atoms with E-state index in [0.717, 1.165) is 0 Å². The maximum absolute atomic E-state index is 10.7. The Morgan fingerprint density at radius 1 is 1.36 bits per heavy atom. The number of hydrogen-bond donors (Lipinski definition) is 2. The molecule has 1 aliphatic rings. The van der Waals surface area contributed by atoms with Gasteiger partial charge in [-0.15, -0.1) is 0 Å². The van der Waals surface area contributed by atoms with Gasteiger partial charge in [0.25, 0.3) is 5.91 Å². The van der Waals surface area contributed by atoms with Crippen LogP contribution in [0, 0.1) is 0 Å². The lowest BCUT2D eigenvalue weighted by atomic mass is 10.0. The molecule has 0 heterocycles. The molecular formula is C11H13NO2. The largest absolute Gasteiger partial charge is 0.378 e. The number of carbonyl (C=O) groups is 1. The van der Waals surface area contributed by atoms with Crippen LogP contribution in [-0.2, 0) is 4.79 Å². The zero-order chi connectivity index (χ0) is 10.1. The van der Waals surface area contributed by atoms with Crippen molar-refractivity contribution in [1.82, 2.24) is 0 Å². The molecule has 3 heteroatoms. The normalized spacial score (nSPS) is 17.8. The van der Waals surface area contributed by atoms with Gasteiger partial charge in [-0.1, -0.05) is 24.3 Å². The number of carbonyl (C=O) groups excluding carboxylic acids is 1. The van der Waals surface area contributed by atoms with Crippen LogP contribution in [0.5, 0.6) is 0 Å². The number of benzene rings is 1. The fourth-order valence-electron chi connectivity index (χ4n) is 1.53. The summed E-state index contributed by atoms with van der Waals surface area (Å²) in [7, 11) is 0. The molecule has 1 aliphatic carbocycles. The van der Waals surface area contributed by atoms with E-state index in [9.17, 15) is 9.90 Å². The number of hydrogen-bond acceptors (Lipinski definition) is 2. The highest BCUT2D eigenvalue weighted by molar-refractivity contribution is 5.80. The molecule has 3 N–H and O–H groups in total. The van der Waals surface area contributed by atoms with Crippen molar-refractivity contribution in [1.29, 1.82) is 0 Å². The number of aliphatic hydroxyl groups excluding tert-OH is 1. The van der Waals surface area contributed by atoms with Crippen LogP contribution in [0.3, 0.4) is 0 Å². The molecule has 0 saturated heterocycles. The lowest BCUT2D eigenvalue weighted by Crippen LogP contribution is -2.20. The van der Waals surface area contributed by atoms with Crippen LogP contribution in [0.4, 0.5) is 0 Å². The van der Waals surface area contributed by atoms with E-state index in [1.54, 1.807) is 12.1 Å². The van der Waals surface area contributed by atoms with Gasteiger partial charge in [0.05, 0.1) is 0 Å². The topological polar surface area (TPSA) is 63.3 Å². The predicted molar refractivity (Wildman–Crippen MR) is 52.6 cm³/mol. The minimum absolute atomic E-state index is 0.571. The first-order chi connectivity index (χ1) is 6.68. The Labute approximate surface area is 82.5 Å². The van der Waals surface area contributed by atoms with Crippen molar-refractivity contribution in [3.63, 3.8) is 0 Å². The number of rotatable bonds is 3. The Balaban J connectivity index is 2.16. The molecule has 0 aliphatic heterocycles. The molecule has 1 unspecified atom stereocenters. The Morgan fingerprint density at radius 3 is 2.36 bits per heavy atom. The summed E-state index contributed by atoms with van der Waals surface area (Å²) in [5.74, 6) is -0.0149. The van der Waals surface area contributed by atoms with Gasteiger partial charge in [0.2, 0.25) is 0 Å². The van der Waals surface area contributed by atoms with E-state index >= 15 is 0 Å². The zero-order valence-corrected chi connectivity index (χ0v) is 7.81. The third-order valence-corrected chi connectivity index (χ3v) is 2.57. The first-order valence-electron chi connectivity index (χ1n) is 4.75. The van der Waals surface area contributed by atoms with Gasteiger partial charge in [-0.25, -0.2) is 0 Å². The van der Waals surface area contributed by atoms with Crippen LogP contribution < -0.4 is 5.73 Å². The van der Waals surface area contributed by atoms with Crippen LogP contribution in [0.15, 0.2) is 24.3 Å². The minimum Gasteiger partial charge on any atom is -0.378 e. The van der Waals surface area contributed by atoms with E-state index in [-0.39, 0.29) is 0 Å². The molecule has 1 saturated carbocycles. The highest BCUT2D eigenvalue weighted by atomic mass is 16.3. The smallest absolute Gasteiger partial charge is 0.250 e. The van der Waals surface area contributed by atoms with Crippen molar-refractivity contribution in [2.75, 3.05) is 0 Å². The highest BCUT2D eigenvalue weighted by Crippen LogP contribution is 2.40. The average molecular weight is 191 g/mol. The first kappa shape index (κ1) is 9.21. The van der Waals surface area contributed by atoms with Gasteiger partial charge < -0.3 is 10.8 Å². The summed E-state index contributed by atoms with van der Waals surface area (Å²) in [4.78, 5) is 10.7. The summed E-state index contributed by atoms with van der Waals surface area (Å²) in [6, 6.07) is 7.45. The van der Waals surface area contributed by atoms with Crippen LogP contribution in [0.25, 0.3) is 0 Å². The molecule has 0 spiro atoms. The van der Waals surface area contributed by atoms with E-state index < -0.39 is 12.0 Å². The Bertz CT molecular complexity index is 341. The van der Waals surface area contributed by atoms with E-state index in [4.69, 9.17) is 5.73 Å². The summed E-state index contributed by atoms with van der Waals surface area (Å²) in [6.07, 6.45) is 1.32. The van der Waals surface area contributed by atoms with E-state index in [2.05, 4.69) is 0 Å². The number of primary amides is 1. The van der Waals surface area contributed by atoms with Crippen molar-refractivity contribution >= 4 is 5.91 Å². The molecule has 14 heavy (non-hydrogen) atoms. The second kappa shape index (κ2) is 3.42. The molecule has 74 valence electrons. The molecule has 0 bridgehead atoms. The monoisotopic (exact) mass is 191 g/mol. The summed E-state index contributed by atoms with van der Waals surface area (Å²) in [5, 5.41) is 9.37. The molecule has 1 amide bonds. The molecule has 1 atom stereocenters. The highest BCUT2D eigenvalue weighted by Gasteiger charge is 2.23. The quantitative estimate of drug-likeness (QED) is 0.751. The van der Waals surface area contributed by atoms with Crippen molar-refractivity contribution in [3.05, 3.63) is 35.4 Å². The SMILES string of the molecule is NC(=O)C(O)c1ccc(C2CC2)cc1. The molecule has 1 aromatic rings. The molecule has 3 nitrogen and oxygen atoms in total. The van der Waals surface area contributed by atoms with Gasteiger partial charge in [0.1, 0.15) is 0 Å². The fraction of sp³-hybridized carbons (Fsp3) is 0.364. The second-order valence-electron chi connectivity index (χ2n) is 3.75. The fourth-order valence-corrected chi connectivity index (χ4v) is 1.53. The average Bonchev–Trinajstić information content (AvgIpc) is 3.00. The van der Waals surface area contributed by atoms with Gasteiger partial charge in [-0.05, 0) is 29.9 Å². The second-order valence-corrected chi connectivity index (χ2v) is 3.75. The molecule has 2 rings (SSSR count). The lowest BCUT2D eigenvalue weighted by Gasteiger charge is -2.07. The molecule has 0 radical (unpaired) electrons. The number of aliphatic hydroxyl groups is 1. The molecule has 0 aromatic heterocycles. The number of amides is 1. The van der Waals surface area contributed by atoms with Gasteiger partial charge in [0, 0.05) is 0 Å². The summed E-state index contributed by atoms with van der Waals surface area (Å²) >= 11 is 0.